The van der Waals surface area contributed by atoms with Crippen molar-refractivity contribution in [1.82, 2.24) is 0 Å². The number of anilines is 1. The van der Waals surface area contributed by atoms with Crippen LogP contribution in [0, 0.1) is 0 Å². The Morgan fingerprint density at radius 3 is 2.76 bits per heavy atom. The van der Waals surface area contributed by atoms with E-state index in [1.807, 2.05) is 38.1 Å². The molecule has 0 radical (unpaired) electrons. The molecule has 6 heteroatoms. The van der Waals surface area contributed by atoms with Gasteiger partial charge >= 0.3 is 0 Å². The molecule has 2 aliphatic heterocycles. The van der Waals surface area contributed by atoms with Crippen LogP contribution in [0.5, 0.6) is 5.75 Å². The molecule has 1 unspecified atom stereocenters. The molecule has 1 atom stereocenters. The summed E-state index contributed by atoms with van der Waals surface area (Å²) in [6.07, 6.45) is 1.31. The number of ether oxygens (including phenoxy) is 1. The van der Waals surface area contributed by atoms with Gasteiger partial charge in [-0.3, -0.25) is 4.31 Å². The minimum absolute atomic E-state index is 0.128. The Morgan fingerprint density at radius 1 is 1.20 bits per heavy atom. The van der Waals surface area contributed by atoms with E-state index in [-0.39, 0.29) is 11.6 Å². The van der Waals surface area contributed by atoms with E-state index in [0.717, 1.165) is 16.9 Å². The second kappa shape index (κ2) is 5.47. The number of sulfonamides is 1. The predicted molar refractivity (Wildman–Crippen MR) is 97.4 cm³/mol. The van der Waals surface area contributed by atoms with Gasteiger partial charge in [0.05, 0.1) is 10.6 Å². The summed E-state index contributed by atoms with van der Waals surface area (Å²) in [4.78, 5) is 0.304. The Kier molecular flexibility index (Phi) is 3.60. The van der Waals surface area contributed by atoms with Gasteiger partial charge in [0.1, 0.15) is 11.4 Å². The van der Waals surface area contributed by atoms with Crippen molar-refractivity contribution >= 4 is 15.7 Å². The number of para-hydroxylation sites is 1. The summed E-state index contributed by atoms with van der Waals surface area (Å²) in [6.45, 7) is 4.40. The molecule has 0 bridgehead atoms. The van der Waals surface area contributed by atoms with E-state index in [2.05, 4.69) is 0 Å². The van der Waals surface area contributed by atoms with Gasteiger partial charge in [-0.2, -0.15) is 0 Å². The smallest absolute Gasteiger partial charge is 0.264 e. The highest BCUT2D eigenvalue weighted by atomic mass is 32.2. The van der Waals surface area contributed by atoms with Crippen molar-refractivity contribution in [3.05, 3.63) is 53.6 Å². The van der Waals surface area contributed by atoms with E-state index in [1.165, 1.54) is 4.31 Å². The van der Waals surface area contributed by atoms with E-state index in [9.17, 15) is 8.42 Å². The van der Waals surface area contributed by atoms with Crippen LogP contribution >= 0.6 is 0 Å². The molecular weight excluding hydrogens is 336 g/mol. The van der Waals surface area contributed by atoms with Crippen molar-refractivity contribution in [1.29, 1.82) is 0 Å². The molecule has 0 amide bonds. The fourth-order valence-corrected chi connectivity index (χ4v) is 5.24. The van der Waals surface area contributed by atoms with E-state index in [4.69, 9.17) is 10.5 Å². The average Bonchev–Trinajstić information content (AvgIpc) is 2.88. The summed E-state index contributed by atoms with van der Waals surface area (Å²) in [6, 6.07) is 12.5. The van der Waals surface area contributed by atoms with Gasteiger partial charge in [-0.25, -0.2) is 8.42 Å². The standard InChI is InChI=1S/C19H22N2O3S/c1-19(2)12-13-11-14(7-8-18(13)24-19)25(22,23)21-10-9-16(20)15-5-3-4-6-17(15)21/h3-8,11,16H,9-10,12,20H2,1-2H3. The molecule has 2 N–H and O–H groups in total. The fraction of sp³-hybridized carbons (Fsp3) is 0.368. The molecule has 0 fully saturated rings. The van der Waals surface area contributed by atoms with Crippen molar-refractivity contribution in [2.24, 2.45) is 5.73 Å². The molecule has 2 heterocycles. The van der Waals surface area contributed by atoms with Crippen LogP contribution in [0.3, 0.4) is 0 Å². The zero-order valence-corrected chi connectivity index (χ0v) is 15.2. The Morgan fingerprint density at radius 2 is 1.96 bits per heavy atom. The third-order valence-electron chi connectivity index (χ3n) is 4.87. The lowest BCUT2D eigenvalue weighted by Crippen LogP contribution is -2.38. The summed E-state index contributed by atoms with van der Waals surface area (Å²) in [5, 5.41) is 0. The van der Waals surface area contributed by atoms with Crippen LogP contribution in [0.25, 0.3) is 0 Å². The Labute approximate surface area is 148 Å². The number of fused-ring (bicyclic) bond motifs is 2. The molecule has 2 aromatic carbocycles. The summed E-state index contributed by atoms with van der Waals surface area (Å²) < 4.78 is 33.9. The van der Waals surface area contributed by atoms with Crippen molar-refractivity contribution in [3.8, 4) is 5.75 Å². The molecule has 0 spiro atoms. The number of benzene rings is 2. The number of rotatable bonds is 2. The number of nitrogens with two attached hydrogens (primary N) is 1. The quantitative estimate of drug-likeness (QED) is 0.896. The van der Waals surface area contributed by atoms with Gasteiger partial charge in [0.15, 0.2) is 0 Å². The minimum atomic E-state index is -3.64. The highest BCUT2D eigenvalue weighted by Crippen LogP contribution is 2.39. The monoisotopic (exact) mass is 358 g/mol. The van der Waals surface area contributed by atoms with Crippen LogP contribution < -0.4 is 14.8 Å². The van der Waals surface area contributed by atoms with Crippen molar-refractivity contribution in [3.63, 3.8) is 0 Å². The van der Waals surface area contributed by atoms with Crippen LogP contribution in [0.2, 0.25) is 0 Å². The Balaban J connectivity index is 1.76. The highest BCUT2D eigenvalue weighted by molar-refractivity contribution is 7.92. The van der Waals surface area contributed by atoms with Gasteiger partial charge in [-0.15, -0.1) is 0 Å². The second-order valence-electron chi connectivity index (χ2n) is 7.34. The maximum atomic E-state index is 13.3. The third-order valence-corrected chi connectivity index (χ3v) is 6.68. The topological polar surface area (TPSA) is 72.6 Å². The average molecular weight is 358 g/mol. The molecular formula is C19H22N2O3S. The number of hydrogen-bond acceptors (Lipinski definition) is 4. The number of hydrogen-bond donors (Lipinski definition) is 1. The molecule has 2 aliphatic rings. The minimum Gasteiger partial charge on any atom is -0.487 e. The fourth-order valence-electron chi connectivity index (χ4n) is 3.68. The third kappa shape index (κ3) is 2.69. The highest BCUT2D eigenvalue weighted by Gasteiger charge is 2.34. The van der Waals surface area contributed by atoms with E-state index < -0.39 is 10.0 Å². The second-order valence-corrected chi connectivity index (χ2v) is 9.20. The van der Waals surface area contributed by atoms with Gasteiger partial charge in [0, 0.05) is 19.0 Å². The zero-order chi connectivity index (χ0) is 17.8. The molecule has 0 saturated carbocycles. The summed E-state index contributed by atoms with van der Waals surface area (Å²) in [5.74, 6) is 0.769. The van der Waals surface area contributed by atoms with E-state index in [1.54, 1.807) is 18.2 Å². The summed E-state index contributed by atoms with van der Waals surface area (Å²) >= 11 is 0. The first-order chi connectivity index (χ1) is 11.8. The largest absolute Gasteiger partial charge is 0.487 e. The first-order valence-corrected chi connectivity index (χ1v) is 9.91. The van der Waals surface area contributed by atoms with Gasteiger partial charge in [0.2, 0.25) is 0 Å². The molecule has 25 heavy (non-hydrogen) atoms. The van der Waals surface area contributed by atoms with Gasteiger partial charge < -0.3 is 10.5 Å². The summed E-state index contributed by atoms with van der Waals surface area (Å²) in [5.41, 5.74) is 8.35. The summed E-state index contributed by atoms with van der Waals surface area (Å²) in [7, 11) is -3.64. The Bertz CT molecular complexity index is 937. The molecule has 132 valence electrons. The lowest BCUT2D eigenvalue weighted by molar-refractivity contribution is 0.138. The lowest BCUT2D eigenvalue weighted by atomic mass is 9.99. The van der Waals surface area contributed by atoms with Gasteiger partial charge in [0.25, 0.3) is 10.0 Å². The lowest BCUT2D eigenvalue weighted by Gasteiger charge is -2.33. The molecule has 0 saturated heterocycles. The SMILES string of the molecule is CC1(C)Cc2cc(S(=O)(=O)N3CCC(N)c4ccccc43)ccc2O1. The molecule has 5 nitrogen and oxygen atoms in total. The first-order valence-electron chi connectivity index (χ1n) is 8.47. The molecule has 0 aromatic heterocycles. The zero-order valence-electron chi connectivity index (χ0n) is 14.4. The maximum absolute atomic E-state index is 13.3. The van der Waals surface area contributed by atoms with Crippen molar-refractivity contribution < 1.29 is 13.2 Å². The van der Waals surface area contributed by atoms with Gasteiger partial charge in [-0.05, 0) is 55.7 Å². The van der Waals surface area contributed by atoms with Crippen LogP contribution in [-0.2, 0) is 16.4 Å². The normalized spacial score (nSPS) is 21.4. The van der Waals surface area contributed by atoms with Gasteiger partial charge in [-0.1, -0.05) is 18.2 Å². The van der Waals surface area contributed by atoms with Crippen LogP contribution in [0.15, 0.2) is 47.4 Å². The first kappa shape index (κ1) is 16.4. The number of nitrogens with zero attached hydrogens (tertiary/aromatic N) is 1. The molecule has 0 aliphatic carbocycles. The van der Waals surface area contributed by atoms with Crippen LogP contribution in [0.1, 0.15) is 37.4 Å². The van der Waals surface area contributed by atoms with Crippen LogP contribution in [-0.4, -0.2) is 20.6 Å². The molecule has 2 aromatic rings. The van der Waals surface area contributed by atoms with Crippen molar-refractivity contribution in [2.75, 3.05) is 10.8 Å². The van der Waals surface area contributed by atoms with E-state index >= 15 is 0 Å². The maximum Gasteiger partial charge on any atom is 0.264 e. The predicted octanol–water partition coefficient (Wildman–Crippen LogP) is 3.00. The van der Waals surface area contributed by atoms with Crippen molar-refractivity contribution in [2.45, 2.75) is 43.2 Å². The van der Waals surface area contributed by atoms with Crippen LogP contribution in [0.4, 0.5) is 5.69 Å². The molecule has 4 rings (SSSR count). The Hall–Kier alpha value is -2.05. The van der Waals surface area contributed by atoms with E-state index in [0.29, 0.717) is 30.0 Å².